The van der Waals surface area contributed by atoms with Crippen LogP contribution in [-0.4, -0.2) is 15.9 Å². The fourth-order valence-corrected chi connectivity index (χ4v) is 1.89. The van der Waals surface area contributed by atoms with Crippen LogP contribution in [0, 0.1) is 20.2 Å². The van der Waals surface area contributed by atoms with Crippen LogP contribution in [0.2, 0.25) is 5.02 Å². The molecule has 0 aromatic heterocycles. The average Bonchev–Trinajstić information content (AvgIpc) is 2.49. The van der Waals surface area contributed by atoms with Crippen molar-refractivity contribution in [2.24, 2.45) is 0 Å². The minimum absolute atomic E-state index is 0.0121. The third-order valence-electron chi connectivity index (χ3n) is 2.75. The molecule has 0 unspecified atom stereocenters. The second kappa shape index (κ2) is 6.71. The van der Waals surface area contributed by atoms with Crippen LogP contribution in [0.5, 0.6) is 0 Å². The smallest absolute Gasteiger partial charge is 0.308 e. The summed E-state index contributed by atoms with van der Waals surface area (Å²) < 4.78 is 0. The van der Waals surface area contributed by atoms with Gasteiger partial charge in [0.2, 0.25) is 0 Å². The van der Waals surface area contributed by atoms with Crippen molar-refractivity contribution < 1.29 is 14.6 Å². The lowest BCUT2D eigenvalue weighted by Crippen LogP contribution is -2.19. The van der Waals surface area contributed by atoms with Crippen LogP contribution in [0.15, 0.2) is 42.5 Å². The Bertz CT molecular complexity index is 778. The minimum atomic E-state index is -0.644. The summed E-state index contributed by atoms with van der Waals surface area (Å²) in [5.74, 6) is 0. The molecule has 2 amide bonds. The fourth-order valence-electron chi connectivity index (χ4n) is 1.67. The van der Waals surface area contributed by atoms with E-state index >= 15 is 0 Å². The number of hydrogen-bond acceptors (Lipinski definition) is 5. The summed E-state index contributed by atoms with van der Waals surface area (Å²) >= 11 is 5.85. The number of nitrogens with zero attached hydrogens (tertiary/aromatic N) is 2. The van der Waals surface area contributed by atoms with E-state index in [1.54, 1.807) is 0 Å². The molecule has 10 heteroatoms. The molecule has 0 atom stereocenters. The molecule has 0 fully saturated rings. The predicted octanol–water partition coefficient (Wildman–Crippen LogP) is 3.80. The molecule has 0 radical (unpaired) electrons. The number of nitro groups is 2. The number of amides is 2. The van der Waals surface area contributed by atoms with Gasteiger partial charge in [-0.2, -0.15) is 0 Å². The summed E-state index contributed by atoms with van der Waals surface area (Å²) in [5, 5.41) is 26.0. The largest absolute Gasteiger partial charge is 0.323 e. The van der Waals surface area contributed by atoms with Gasteiger partial charge in [-0.1, -0.05) is 11.6 Å². The Balaban J connectivity index is 2.04. The Morgan fingerprint density at radius 1 is 0.913 bits per heavy atom. The fraction of sp³-hybridized carbons (Fsp3) is 0. The first kappa shape index (κ1) is 16.2. The number of nitrogens with one attached hydrogen (secondary N) is 2. The van der Waals surface area contributed by atoms with Crippen molar-refractivity contribution in [3.63, 3.8) is 0 Å². The van der Waals surface area contributed by atoms with Gasteiger partial charge in [-0.05, 0) is 18.2 Å². The van der Waals surface area contributed by atoms with Gasteiger partial charge in [0.1, 0.15) is 0 Å². The molecule has 0 aliphatic rings. The molecule has 2 aromatic carbocycles. The van der Waals surface area contributed by atoms with Gasteiger partial charge in [0, 0.05) is 30.0 Å². The molecule has 0 spiro atoms. The Kier molecular flexibility index (Phi) is 4.72. The van der Waals surface area contributed by atoms with Crippen LogP contribution >= 0.6 is 11.6 Å². The van der Waals surface area contributed by atoms with Gasteiger partial charge < -0.3 is 10.6 Å². The number of anilines is 2. The average molecular weight is 337 g/mol. The Labute approximate surface area is 134 Å². The molecule has 0 saturated carbocycles. The van der Waals surface area contributed by atoms with E-state index in [2.05, 4.69) is 10.6 Å². The minimum Gasteiger partial charge on any atom is -0.308 e. The molecule has 2 N–H and O–H groups in total. The molecule has 2 aromatic rings. The Morgan fingerprint density at radius 3 is 2.00 bits per heavy atom. The van der Waals surface area contributed by atoms with E-state index in [1.807, 2.05) is 0 Å². The normalized spacial score (nSPS) is 9.96. The highest BCUT2D eigenvalue weighted by molar-refractivity contribution is 6.34. The summed E-state index contributed by atoms with van der Waals surface area (Å²) in [7, 11) is 0. The lowest BCUT2D eigenvalue weighted by Gasteiger charge is -2.08. The third-order valence-corrected chi connectivity index (χ3v) is 3.06. The van der Waals surface area contributed by atoms with Crippen LogP contribution in [0.1, 0.15) is 0 Å². The maximum absolute atomic E-state index is 11.8. The van der Waals surface area contributed by atoms with Crippen molar-refractivity contribution in [1.82, 2.24) is 0 Å². The van der Waals surface area contributed by atoms with Gasteiger partial charge in [-0.3, -0.25) is 20.2 Å². The lowest BCUT2D eigenvalue weighted by molar-refractivity contribution is -0.385. The van der Waals surface area contributed by atoms with Gasteiger partial charge in [0.25, 0.3) is 11.4 Å². The molecule has 0 heterocycles. The number of non-ortho nitro benzene ring substituents is 2. The second-order valence-corrected chi connectivity index (χ2v) is 4.71. The van der Waals surface area contributed by atoms with E-state index in [1.165, 1.54) is 36.4 Å². The number of carbonyl (C=O) groups excluding carboxylic acids is 1. The molecule has 9 nitrogen and oxygen atoms in total. The zero-order valence-electron chi connectivity index (χ0n) is 11.4. The highest BCUT2D eigenvalue weighted by Crippen LogP contribution is 2.26. The number of hydrogen-bond donors (Lipinski definition) is 2. The summed E-state index contributed by atoms with van der Waals surface area (Å²) in [5.41, 5.74) is 0.230. The summed E-state index contributed by atoms with van der Waals surface area (Å²) in [6.45, 7) is 0. The predicted molar refractivity (Wildman–Crippen MR) is 83.8 cm³/mol. The Hall–Kier alpha value is -3.20. The van der Waals surface area contributed by atoms with E-state index < -0.39 is 15.9 Å². The van der Waals surface area contributed by atoms with E-state index in [4.69, 9.17) is 11.6 Å². The lowest BCUT2D eigenvalue weighted by atomic mass is 10.3. The second-order valence-electron chi connectivity index (χ2n) is 4.30. The molecular weight excluding hydrogens is 328 g/mol. The van der Waals surface area contributed by atoms with Crippen molar-refractivity contribution in [2.75, 3.05) is 10.6 Å². The molecule has 2 rings (SSSR count). The van der Waals surface area contributed by atoms with E-state index in [0.717, 1.165) is 6.07 Å². The molecule has 0 aliphatic heterocycles. The van der Waals surface area contributed by atoms with E-state index in [0.29, 0.717) is 5.69 Å². The van der Waals surface area contributed by atoms with Crippen molar-refractivity contribution >= 4 is 40.4 Å². The number of rotatable bonds is 4. The SMILES string of the molecule is O=C(Nc1ccc([N+](=O)[O-])cc1)Nc1ccc([N+](=O)[O-])cc1Cl. The summed E-state index contributed by atoms with van der Waals surface area (Å²) in [6.07, 6.45) is 0. The van der Waals surface area contributed by atoms with Crippen molar-refractivity contribution in [1.29, 1.82) is 0 Å². The maximum atomic E-state index is 11.8. The third kappa shape index (κ3) is 4.14. The summed E-state index contributed by atoms with van der Waals surface area (Å²) in [6, 6.07) is 8.20. The molecule has 23 heavy (non-hydrogen) atoms. The van der Waals surface area contributed by atoms with Gasteiger partial charge in [-0.25, -0.2) is 4.79 Å². The first-order valence-electron chi connectivity index (χ1n) is 6.13. The number of carbonyl (C=O) groups is 1. The number of halogens is 1. The quantitative estimate of drug-likeness (QED) is 0.648. The highest BCUT2D eigenvalue weighted by Gasteiger charge is 2.12. The standard InChI is InChI=1S/C13H9ClN4O5/c14-11-7-10(18(22)23)5-6-12(11)16-13(19)15-8-1-3-9(4-2-8)17(20)21/h1-7H,(H2,15,16,19). The van der Waals surface area contributed by atoms with Gasteiger partial charge in [0.05, 0.1) is 20.6 Å². The molecule has 0 saturated heterocycles. The van der Waals surface area contributed by atoms with Crippen LogP contribution in [-0.2, 0) is 0 Å². The molecular formula is C13H9ClN4O5. The topological polar surface area (TPSA) is 127 Å². The highest BCUT2D eigenvalue weighted by atomic mass is 35.5. The number of benzene rings is 2. The van der Waals surface area contributed by atoms with Crippen molar-refractivity contribution in [3.8, 4) is 0 Å². The zero-order valence-corrected chi connectivity index (χ0v) is 12.1. The molecule has 118 valence electrons. The monoisotopic (exact) mass is 336 g/mol. The van der Waals surface area contributed by atoms with Crippen LogP contribution in [0.3, 0.4) is 0 Å². The number of urea groups is 1. The van der Waals surface area contributed by atoms with Crippen LogP contribution in [0.25, 0.3) is 0 Å². The first-order chi connectivity index (χ1) is 10.9. The van der Waals surface area contributed by atoms with Gasteiger partial charge in [-0.15, -0.1) is 0 Å². The van der Waals surface area contributed by atoms with Gasteiger partial charge >= 0.3 is 6.03 Å². The summed E-state index contributed by atoms with van der Waals surface area (Å²) in [4.78, 5) is 31.8. The van der Waals surface area contributed by atoms with Crippen molar-refractivity contribution in [3.05, 3.63) is 67.7 Å². The van der Waals surface area contributed by atoms with E-state index in [9.17, 15) is 25.0 Å². The molecule has 0 aliphatic carbocycles. The molecule has 0 bridgehead atoms. The first-order valence-corrected chi connectivity index (χ1v) is 6.51. The Morgan fingerprint density at radius 2 is 1.48 bits per heavy atom. The zero-order chi connectivity index (χ0) is 17.0. The van der Waals surface area contributed by atoms with Crippen molar-refractivity contribution in [2.45, 2.75) is 0 Å². The van der Waals surface area contributed by atoms with Crippen LogP contribution < -0.4 is 10.6 Å². The van der Waals surface area contributed by atoms with Gasteiger partial charge in [0.15, 0.2) is 0 Å². The van der Waals surface area contributed by atoms with E-state index in [-0.39, 0.29) is 22.1 Å². The number of nitro benzene ring substituents is 2. The van der Waals surface area contributed by atoms with Crippen LogP contribution in [0.4, 0.5) is 27.5 Å². The maximum Gasteiger partial charge on any atom is 0.323 e.